The molecule has 2 atom stereocenters. The molecule has 1 aliphatic rings. The summed E-state index contributed by atoms with van der Waals surface area (Å²) in [5.41, 5.74) is 0.899. The van der Waals surface area contributed by atoms with Crippen LogP contribution >= 0.6 is 11.6 Å². The first-order chi connectivity index (χ1) is 8.06. The minimum Gasteiger partial charge on any atom is -1.00 e. The van der Waals surface area contributed by atoms with Gasteiger partial charge in [-0.1, -0.05) is 11.6 Å². The van der Waals surface area contributed by atoms with E-state index in [0.717, 1.165) is 18.7 Å². The molecule has 100 valence electrons. The van der Waals surface area contributed by atoms with Crippen molar-refractivity contribution in [3.63, 3.8) is 0 Å². The second-order valence-corrected chi connectivity index (χ2v) is 4.95. The molecule has 2 rings (SSSR count). The highest BCUT2D eigenvalue weighted by Gasteiger charge is 2.24. The molecule has 0 radical (unpaired) electrons. The molecule has 1 fully saturated rings. The Morgan fingerprint density at radius 2 is 1.72 bits per heavy atom. The molecule has 0 saturated carbocycles. The number of morpholine rings is 1. The Kier molecular flexibility index (Phi) is 5.88. The van der Waals surface area contributed by atoms with Crippen LogP contribution in [-0.4, -0.2) is 36.0 Å². The molecule has 0 spiro atoms. The summed E-state index contributed by atoms with van der Waals surface area (Å²) in [5.74, 6) is 0.545. The van der Waals surface area contributed by atoms with Gasteiger partial charge in [-0.2, -0.15) is 0 Å². The summed E-state index contributed by atoms with van der Waals surface area (Å²) in [6.45, 7) is 5.62. The maximum absolute atomic E-state index is 8.20. The van der Waals surface area contributed by atoms with Crippen molar-refractivity contribution in [1.29, 1.82) is 5.41 Å². The van der Waals surface area contributed by atoms with Crippen molar-refractivity contribution in [3.05, 3.63) is 34.9 Å². The fourth-order valence-electron chi connectivity index (χ4n) is 2.15. The Labute approximate surface area is 130 Å². The highest BCUT2D eigenvalue weighted by Crippen LogP contribution is 2.16. The lowest BCUT2D eigenvalue weighted by Crippen LogP contribution is -3.00. The quantitative estimate of drug-likeness (QED) is 0.416. The maximum atomic E-state index is 8.20. The summed E-state index contributed by atoms with van der Waals surface area (Å²) in [5, 5.41) is 8.90. The molecule has 0 amide bonds. The van der Waals surface area contributed by atoms with E-state index in [1.165, 1.54) is 0 Å². The topological polar surface area (TPSA) is 36.3 Å². The van der Waals surface area contributed by atoms with Crippen molar-refractivity contribution < 1.29 is 28.7 Å². The lowest BCUT2D eigenvalue weighted by Gasteiger charge is -2.36. The molecule has 1 heterocycles. The van der Waals surface area contributed by atoms with E-state index in [4.69, 9.17) is 21.7 Å². The number of ether oxygens (including phenoxy) is 1. The summed E-state index contributed by atoms with van der Waals surface area (Å²) < 4.78 is 5.66. The van der Waals surface area contributed by atoms with E-state index >= 15 is 0 Å². The van der Waals surface area contributed by atoms with Crippen molar-refractivity contribution in [2.24, 2.45) is 0 Å². The van der Waals surface area contributed by atoms with Crippen molar-refractivity contribution in [1.82, 2.24) is 4.90 Å². The third-order valence-corrected chi connectivity index (χ3v) is 3.11. The fraction of sp³-hybridized carbons (Fsp3) is 0.462. The average molecular weight is 380 g/mol. The average Bonchev–Trinajstić information content (AvgIpc) is 2.28. The lowest BCUT2D eigenvalue weighted by atomic mass is 10.1. The molecular formula is C13H17ClIN2O-. The van der Waals surface area contributed by atoms with Crippen LogP contribution in [0.3, 0.4) is 0 Å². The van der Waals surface area contributed by atoms with E-state index < -0.39 is 0 Å². The van der Waals surface area contributed by atoms with Crippen LogP contribution in [0.2, 0.25) is 5.02 Å². The number of hydrogen-bond acceptors (Lipinski definition) is 2. The minimum absolute atomic E-state index is 0. The van der Waals surface area contributed by atoms with Gasteiger partial charge in [0.2, 0.25) is 0 Å². The van der Waals surface area contributed by atoms with Crippen LogP contribution in [-0.2, 0) is 4.74 Å². The largest absolute Gasteiger partial charge is 1.00 e. The Balaban J connectivity index is 0.00000162. The van der Waals surface area contributed by atoms with Crippen LogP contribution in [0.1, 0.15) is 19.4 Å². The van der Waals surface area contributed by atoms with Gasteiger partial charge in [0, 0.05) is 23.7 Å². The molecule has 1 aromatic rings. The van der Waals surface area contributed by atoms with Gasteiger partial charge >= 0.3 is 0 Å². The molecule has 0 aliphatic carbocycles. The Morgan fingerprint density at radius 1 is 1.22 bits per heavy atom. The molecule has 1 saturated heterocycles. The zero-order valence-corrected chi connectivity index (χ0v) is 13.4. The Hall–Kier alpha value is -0.330. The van der Waals surface area contributed by atoms with Gasteiger partial charge in [-0.05, 0) is 38.1 Å². The van der Waals surface area contributed by atoms with E-state index in [9.17, 15) is 0 Å². The molecule has 0 aromatic heterocycles. The highest BCUT2D eigenvalue weighted by molar-refractivity contribution is 6.30. The summed E-state index contributed by atoms with van der Waals surface area (Å²) in [7, 11) is 0. The predicted molar refractivity (Wildman–Crippen MR) is 69.9 cm³/mol. The van der Waals surface area contributed by atoms with Crippen LogP contribution in [0.5, 0.6) is 0 Å². The number of nitrogens with zero attached hydrogens (tertiary/aromatic N) is 1. The zero-order valence-electron chi connectivity index (χ0n) is 10.5. The van der Waals surface area contributed by atoms with Crippen LogP contribution < -0.4 is 24.0 Å². The minimum atomic E-state index is 0. The third kappa shape index (κ3) is 3.83. The first-order valence-electron chi connectivity index (χ1n) is 5.81. The third-order valence-electron chi connectivity index (χ3n) is 2.85. The van der Waals surface area contributed by atoms with E-state index in [1.807, 2.05) is 38.1 Å². The summed E-state index contributed by atoms with van der Waals surface area (Å²) >= 11 is 5.84. The van der Waals surface area contributed by atoms with Gasteiger partial charge < -0.3 is 33.6 Å². The maximum Gasteiger partial charge on any atom is 0.128 e. The zero-order chi connectivity index (χ0) is 12.4. The summed E-state index contributed by atoms with van der Waals surface area (Å²) in [4.78, 5) is 2.06. The van der Waals surface area contributed by atoms with E-state index in [0.29, 0.717) is 10.9 Å². The Bertz CT molecular complexity index is 400. The number of halogens is 2. The van der Waals surface area contributed by atoms with Gasteiger partial charge in [0.15, 0.2) is 0 Å². The van der Waals surface area contributed by atoms with Crippen molar-refractivity contribution >= 4 is 17.4 Å². The van der Waals surface area contributed by atoms with Crippen LogP contribution in [0.4, 0.5) is 0 Å². The molecular weight excluding hydrogens is 363 g/mol. The number of rotatable bonds is 1. The van der Waals surface area contributed by atoms with Crippen molar-refractivity contribution in [2.75, 3.05) is 13.1 Å². The van der Waals surface area contributed by atoms with Gasteiger partial charge in [0.25, 0.3) is 0 Å². The lowest BCUT2D eigenvalue weighted by molar-refractivity contribution is -0.0480. The molecule has 1 N–H and O–H groups in total. The van der Waals surface area contributed by atoms with Gasteiger partial charge in [0.05, 0.1) is 12.2 Å². The second-order valence-electron chi connectivity index (χ2n) is 4.52. The van der Waals surface area contributed by atoms with Gasteiger partial charge in [-0.3, -0.25) is 5.41 Å². The van der Waals surface area contributed by atoms with Crippen LogP contribution in [0.25, 0.3) is 0 Å². The number of amidine groups is 1. The summed E-state index contributed by atoms with van der Waals surface area (Å²) in [6.07, 6.45) is 0.345. The molecule has 5 heteroatoms. The first kappa shape index (κ1) is 15.7. The summed E-state index contributed by atoms with van der Waals surface area (Å²) in [6, 6.07) is 7.41. The van der Waals surface area contributed by atoms with Gasteiger partial charge in [-0.15, -0.1) is 0 Å². The second kappa shape index (κ2) is 6.73. The van der Waals surface area contributed by atoms with E-state index in [-0.39, 0.29) is 36.2 Å². The fourth-order valence-corrected chi connectivity index (χ4v) is 2.28. The smallest absolute Gasteiger partial charge is 0.128 e. The normalized spacial score (nSPS) is 23.4. The monoisotopic (exact) mass is 379 g/mol. The Morgan fingerprint density at radius 3 is 2.22 bits per heavy atom. The molecule has 1 aliphatic heterocycles. The predicted octanol–water partition coefficient (Wildman–Crippen LogP) is -0.221. The molecule has 2 unspecified atom stereocenters. The van der Waals surface area contributed by atoms with E-state index in [1.54, 1.807) is 0 Å². The number of benzene rings is 1. The van der Waals surface area contributed by atoms with Crippen LogP contribution in [0, 0.1) is 5.41 Å². The standard InChI is InChI=1S/C13H17ClN2O.HI/c1-9-7-16(8-10(2)17-9)13(15)11-3-5-12(14)6-4-11;/h3-6,9-10,15H,7-8H2,1-2H3;1H/p-1. The molecule has 3 nitrogen and oxygen atoms in total. The van der Waals surface area contributed by atoms with E-state index in [2.05, 4.69) is 4.90 Å². The SMILES string of the molecule is CC1CN(C(=N)c2ccc(Cl)cc2)CC(C)O1.[I-]. The van der Waals surface area contributed by atoms with Gasteiger partial charge in [-0.25, -0.2) is 0 Å². The molecule has 1 aromatic carbocycles. The number of hydrogen-bond donors (Lipinski definition) is 1. The van der Waals surface area contributed by atoms with Crippen molar-refractivity contribution in [3.8, 4) is 0 Å². The number of nitrogens with one attached hydrogen (secondary N) is 1. The van der Waals surface area contributed by atoms with Crippen LogP contribution in [0.15, 0.2) is 24.3 Å². The van der Waals surface area contributed by atoms with Crippen molar-refractivity contribution in [2.45, 2.75) is 26.1 Å². The van der Waals surface area contributed by atoms with Gasteiger partial charge in [0.1, 0.15) is 5.84 Å². The highest BCUT2D eigenvalue weighted by atomic mass is 127. The first-order valence-corrected chi connectivity index (χ1v) is 6.19. The molecule has 0 bridgehead atoms. The molecule has 18 heavy (non-hydrogen) atoms.